The van der Waals surface area contributed by atoms with Crippen molar-refractivity contribution < 1.29 is 13.7 Å². The predicted octanol–water partition coefficient (Wildman–Crippen LogP) is 2.38. The van der Waals surface area contributed by atoms with Crippen LogP contribution in [0.1, 0.15) is 5.69 Å². The number of ether oxygens (including phenoxy) is 1. The molecule has 1 heterocycles. The summed E-state index contributed by atoms with van der Waals surface area (Å²) in [5, 5.41) is 3.72. The van der Waals surface area contributed by atoms with Crippen LogP contribution in [-0.4, -0.2) is 12.3 Å². The maximum absolute atomic E-state index is 13.2. The summed E-state index contributed by atoms with van der Waals surface area (Å²) in [4.78, 5) is 0. The molecular weight excluding hydrogens is 211 g/mol. The molecular formula is C11H11FN2O2. The van der Waals surface area contributed by atoms with E-state index >= 15 is 0 Å². The average molecular weight is 222 g/mol. The molecule has 5 heteroatoms. The Hall–Kier alpha value is -2.04. The maximum Gasteiger partial charge on any atom is 0.230 e. The van der Waals surface area contributed by atoms with Crippen molar-refractivity contribution >= 4 is 5.88 Å². The smallest absolute Gasteiger partial charge is 0.230 e. The van der Waals surface area contributed by atoms with Crippen molar-refractivity contribution in [3.8, 4) is 16.9 Å². The second-order valence-corrected chi connectivity index (χ2v) is 3.35. The summed E-state index contributed by atoms with van der Waals surface area (Å²) in [6.45, 7) is 1.74. The number of nitrogen functional groups attached to an aromatic ring is 1. The van der Waals surface area contributed by atoms with E-state index in [2.05, 4.69) is 5.16 Å². The molecule has 84 valence electrons. The molecule has 0 saturated heterocycles. The van der Waals surface area contributed by atoms with Crippen molar-refractivity contribution in [1.29, 1.82) is 0 Å². The number of aromatic nitrogens is 1. The van der Waals surface area contributed by atoms with Crippen LogP contribution in [0.3, 0.4) is 0 Å². The van der Waals surface area contributed by atoms with Crippen LogP contribution in [0, 0.1) is 12.7 Å². The van der Waals surface area contributed by atoms with Crippen LogP contribution in [0.5, 0.6) is 5.75 Å². The van der Waals surface area contributed by atoms with E-state index in [4.69, 9.17) is 15.0 Å². The number of nitrogens with zero attached hydrogens (tertiary/aromatic N) is 1. The summed E-state index contributed by atoms with van der Waals surface area (Å²) in [5.41, 5.74) is 7.35. The second-order valence-electron chi connectivity index (χ2n) is 3.35. The van der Waals surface area contributed by atoms with Gasteiger partial charge < -0.3 is 15.0 Å². The number of hydrogen-bond acceptors (Lipinski definition) is 4. The first-order valence-corrected chi connectivity index (χ1v) is 4.69. The molecule has 2 aromatic rings. The molecule has 16 heavy (non-hydrogen) atoms. The topological polar surface area (TPSA) is 61.3 Å². The van der Waals surface area contributed by atoms with Gasteiger partial charge in [0.1, 0.15) is 11.6 Å². The molecule has 1 aromatic heterocycles. The Morgan fingerprint density at radius 3 is 2.75 bits per heavy atom. The lowest BCUT2D eigenvalue weighted by molar-refractivity contribution is 0.415. The van der Waals surface area contributed by atoms with E-state index in [-0.39, 0.29) is 11.7 Å². The standard InChI is InChI=1S/C11H11FN2O2/c1-6-10(11(13)16-14-6)8-5-7(12)3-4-9(8)15-2/h3-5H,13H2,1-2H3. The van der Waals surface area contributed by atoms with Gasteiger partial charge in [-0.2, -0.15) is 0 Å². The summed E-state index contributed by atoms with van der Waals surface area (Å²) < 4.78 is 23.2. The van der Waals surface area contributed by atoms with Crippen LogP contribution in [-0.2, 0) is 0 Å². The zero-order valence-corrected chi connectivity index (χ0v) is 8.95. The van der Waals surface area contributed by atoms with Gasteiger partial charge in [-0.25, -0.2) is 4.39 Å². The first-order valence-electron chi connectivity index (χ1n) is 4.69. The molecule has 1 aromatic carbocycles. The highest BCUT2D eigenvalue weighted by atomic mass is 19.1. The number of benzene rings is 1. The van der Waals surface area contributed by atoms with Crippen LogP contribution >= 0.6 is 0 Å². The molecule has 2 rings (SSSR count). The minimum atomic E-state index is -0.365. The van der Waals surface area contributed by atoms with E-state index in [1.165, 1.54) is 25.3 Å². The second kappa shape index (κ2) is 3.84. The van der Waals surface area contributed by atoms with Crippen molar-refractivity contribution in [2.75, 3.05) is 12.8 Å². The summed E-state index contributed by atoms with van der Waals surface area (Å²) in [5.74, 6) is 0.316. The first-order chi connectivity index (χ1) is 7.63. The van der Waals surface area contributed by atoms with Crippen LogP contribution < -0.4 is 10.5 Å². The molecule has 0 aliphatic carbocycles. The lowest BCUT2D eigenvalue weighted by Gasteiger charge is -2.07. The molecule has 0 spiro atoms. The van der Waals surface area contributed by atoms with E-state index < -0.39 is 0 Å². The van der Waals surface area contributed by atoms with E-state index in [1.54, 1.807) is 6.92 Å². The first kappa shape index (κ1) is 10.5. The van der Waals surface area contributed by atoms with Gasteiger partial charge in [0.15, 0.2) is 0 Å². The minimum Gasteiger partial charge on any atom is -0.496 e. The van der Waals surface area contributed by atoms with Crippen LogP contribution in [0.2, 0.25) is 0 Å². The SMILES string of the molecule is COc1ccc(F)cc1-c1c(C)noc1N. The van der Waals surface area contributed by atoms with Gasteiger partial charge in [-0.3, -0.25) is 0 Å². The van der Waals surface area contributed by atoms with Gasteiger partial charge in [-0.1, -0.05) is 5.16 Å². The Labute approximate surface area is 91.8 Å². The number of hydrogen-bond donors (Lipinski definition) is 1. The Balaban J connectivity index is 2.67. The van der Waals surface area contributed by atoms with Gasteiger partial charge in [0.25, 0.3) is 0 Å². The van der Waals surface area contributed by atoms with Crippen molar-refractivity contribution in [2.24, 2.45) is 0 Å². The van der Waals surface area contributed by atoms with E-state index in [0.717, 1.165) is 0 Å². The fourth-order valence-corrected chi connectivity index (χ4v) is 1.59. The van der Waals surface area contributed by atoms with Crippen LogP contribution in [0.15, 0.2) is 22.7 Å². The fourth-order valence-electron chi connectivity index (χ4n) is 1.59. The number of aryl methyl sites for hydroxylation is 1. The lowest BCUT2D eigenvalue weighted by Crippen LogP contribution is -1.92. The molecule has 0 atom stereocenters. The lowest BCUT2D eigenvalue weighted by atomic mass is 10.0. The molecule has 0 radical (unpaired) electrons. The van der Waals surface area contributed by atoms with Gasteiger partial charge in [0.05, 0.1) is 18.4 Å². The zero-order chi connectivity index (χ0) is 11.7. The quantitative estimate of drug-likeness (QED) is 0.847. The molecule has 0 saturated carbocycles. The molecule has 0 aliphatic rings. The van der Waals surface area contributed by atoms with E-state index in [1.807, 2.05) is 0 Å². The van der Waals surface area contributed by atoms with Crippen LogP contribution in [0.25, 0.3) is 11.1 Å². The monoisotopic (exact) mass is 222 g/mol. The molecule has 0 fully saturated rings. The van der Waals surface area contributed by atoms with E-state index in [0.29, 0.717) is 22.6 Å². The van der Waals surface area contributed by atoms with Gasteiger partial charge in [0.2, 0.25) is 5.88 Å². The summed E-state index contributed by atoms with van der Waals surface area (Å²) in [6, 6.07) is 4.20. The Bertz CT molecular complexity index is 503. The van der Waals surface area contributed by atoms with Crippen molar-refractivity contribution in [2.45, 2.75) is 6.92 Å². The predicted molar refractivity (Wildman–Crippen MR) is 57.6 cm³/mol. The van der Waals surface area contributed by atoms with Crippen molar-refractivity contribution in [3.63, 3.8) is 0 Å². The van der Waals surface area contributed by atoms with Gasteiger partial charge in [-0.15, -0.1) is 0 Å². The molecule has 0 unspecified atom stereocenters. The third-order valence-electron chi connectivity index (χ3n) is 2.32. The number of anilines is 1. The highest BCUT2D eigenvalue weighted by Crippen LogP contribution is 2.36. The molecule has 0 bridgehead atoms. The Kier molecular flexibility index (Phi) is 2.52. The summed E-state index contributed by atoms with van der Waals surface area (Å²) >= 11 is 0. The third kappa shape index (κ3) is 1.60. The molecule has 0 aliphatic heterocycles. The number of methoxy groups -OCH3 is 1. The molecule has 2 N–H and O–H groups in total. The van der Waals surface area contributed by atoms with E-state index in [9.17, 15) is 4.39 Å². The van der Waals surface area contributed by atoms with Crippen molar-refractivity contribution in [3.05, 3.63) is 29.7 Å². The summed E-state index contributed by atoms with van der Waals surface area (Å²) in [7, 11) is 1.51. The number of rotatable bonds is 2. The third-order valence-corrected chi connectivity index (χ3v) is 2.32. The average Bonchev–Trinajstić information content (AvgIpc) is 2.58. The zero-order valence-electron chi connectivity index (χ0n) is 8.95. The Morgan fingerprint density at radius 1 is 1.44 bits per heavy atom. The van der Waals surface area contributed by atoms with Crippen LogP contribution in [0.4, 0.5) is 10.3 Å². The fraction of sp³-hybridized carbons (Fsp3) is 0.182. The number of halogens is 1. The molecule has 4 nitrogen and oxygen atoms in total. The summed E-state index contributed by atoms with van der Waals surface area (Å²) in [6.07, 6.45) is 0. The largest absolute Gasteiger partial charge is 0.496 e. The van der Waals surface area contributed by atoms with Gasteiger partial charge >= 0.3 is 0 Å². The maximum atomic E-state index is 13.2. The minimum absolute atomic E-state index is 0.154. The molecule has 0 amide bonds. The Morgan fingerprint density at radius 2 is 2.19 bits per heavy atom. The normalized spacial score (nSPS) is 10.4. The van der Waals surface area contributed by atoms with Gasteiger partial charge in [-0.05, 0) is 25.1 Å². The number of nitrogens with two attached hydrogens (primary N) is 1. The highest BCUT2D eigenvalue weighted by Gasteiger charge is 2.17. The van der Waals surface area contributed by atoms with Crippen molar-refractivity contribution in [1.82, 2.24) is 5.16 Å². The highest BCUT2D eigenvalue weighted by molar-refractivity contribution is 5.79. The van der Waals surface area contributed by atoms with Gasteiger partial charge in [0, 0.05) is 5.56 Å².